The third-order valence-electron chi connectivity index (χ3n) is 1.22. The first-order valence-corrected chi connectivity index (χ1v) is 6.51. The number of allylic oxidation sites excluding steroid dienone is 3. The monoisotopic (exact) mass is 225 g/mol. The fraction of sp³-hybridized carbons (Fsp3) is 0.667. The van der Waals surface area contributed by atoms with Gasteiger partial charge < -0.3 is 0 Å². The van der Waals surface area contributed by atoms with Crippen LogP contribution in [0.5, 0.6) is 0 Å². The molecule has 1 rings (SSSR count). The van der Waals surface area contributed by atoms with E-state index in [1.165, 1.54) is 6.42 Å². The SMILES string of the molecule is CC.CC.CC1(C)C=CC=CN=C1.CCC. The molecule has 0 aromatic heterocycles. The van der Waals surface area contributed by atoms with Gasteiger partial charge in [-0.1, -0.05) is 74.0 Å². The first-order valence-electron chi connectivity index (χ1n) is 6.51. The molecule has 0 aliphatic carbocycles. The summed E-state index contributed by atoms with van der Waals surface area (Å²) in [6.07, 6.45) is 11.1. The second-order valence-corrected chi connectivity index (χ2v) is 3.51. The van der Waals surface area contributed by atoms with E-state index >= 15 is 0 Å². The zero-order valence-electron chi connectivity index (χ0n) is 12.5. The number of nitrogens with zero attached hydrogens (tertiary/aromatic N) is 1. The fourth-order valence-corrected chi connectivity index (χ4v) is 0.681. The number of hydrogen-bond acceptors (Lipinski definition) is 1. The lowest BCUT2D eigenvalue weighted by Gasteiger charge is -2.10. The van der Waals surface area contributed by atoms with E-state index in [-0.39, 0.29) is 5.41 Å². The minimum absolute atomic E-state index is 0.128. The minimum Gasteiger partial charge on any atom is -0.268 e. The van der Waals surface area contributed by atoms with Crippen LogP contribution in [0.3, 0.4) is 0 Å². The summed E-state index contributed by atoms with van der Waals surface area (Å²) >= 11 is 0. The van der Waals surface area contributed by atoms with Crippen LogP contribution in [0.25, 0.3) is 0 Å². The van der Waals surface area contributed by atoms with Gasteiger partial charge in [-0.3, -0.25) is 4.99 Å². The summed E-state index contributed by atoms with van der Waals surface area (Å²) in [5, 5.41) is 0. The van der Waals surface area contributed by atoms with Crippen molar-refractivity contribution in [2.45, 2.75) is 61.8 Å². The second kappa shape index (κ2) is 16.6. The molecule has 1 heterocycles. The van der Waals surface area contributed by atoms with Crippen LogP contribution in [0.15, 0.2) is 29.4 Å². The molecule has 0 radical (unpaired) electrons. The van der Waals surface area contributed by atoms with E-state index in [2.05, 4.69) is 38.8 Å². The maximum atomic E-state index is 4.06. The molecule has 0 aromatic rings. The molecule has 0 amide bonds. The van der Waals surface area contributed by atoms with Crippen molar-refractivity contribution in [1.82, 2.24) is 0 Å². The first-order chi connectivity index (χ1) is 7.62. The van der Waals surface area contributed by atoms with Crippen molar-refractivity contribution in [3.8, 4) is 0 Å². The van der Waals surface area contributed by atoms with Gasteiger partial charge in [-0.15, -0.1) is 0 Å². The Morgan fingerprint density at radius 2 is 1.38 bits per heavy atom. The average molecular weight is 225 g/mol. The molecule has 0 unspecified atom stereocenters. The molecule has 0 N–H and O–H groups in total. The predicted molar refractivity (Wildman–Crippen MR) is 79.2 cm³/mol. The van der Waals surface area contributed by atoms with E-state index in [4.69, 9.17) is 0 Å². The van der Waals surface area contributed by atoms with Crippen LogP contribution in [-0.2, 0) is 0 Å². The van der Waals surface area contributed by atoms with Gasteiger partial charge in [0.05, 0.1) is 0 Å². The van der Waals surface area contributed by atoms with Gasteiger partial charge in [-0.05, 0) is 6.08 Å². The van der Waals surface area contributed by atoms with Gasteiger partial charge in [0.2, 0.25) is 0 Å². The van der Waals surface area contributed by atoms with E-state index in [9.17, 15) is 0 Å². The zero-order valence-corrected chi connectivity index (χ0v) is 12.5. The molecule has 16 heavy (non-hydrogen) atoms. The molecular formula is C15H31N. The Labute approximate surface area is 103 Å². The summed E-state index contributed by atoms with van der Waals surface area (Å²) in [5.74, 6) is 0. The molecule has 1 nitrogen and oxygen atoms in total. The molecule has 0 saturated heterocycles. The Kier molecular flexibility index (Phi) is 21.3. The summed E-state index contributed by atoms with van der Waals surface area (Å²) in [5.41, 5.74) is 0.128. The normalized spacial score (nSPS) is 14.2. The van der Waals surface area contributed by atoms with Crippen molar-refractivity contribution in [2.24, 2.45) is 10.4 Å². The van der Waals surface area contributed by atoms with Crippen molar-refractivity contribution in [3.05, 3.63) is 24.4 Å². The molecule has 0 spiro atoms. The fourth-order valence-electron chi connectivity index (χ4n) is 0.681. The Morgan fingerprint density at radius 3 is 1.81 bits per heavy atom. The van der Waals surface area contributed by atoms with Gasteiger partial charge in [0.1, 0.15) is 0 Å². The summed E-state index contributed by atoms with van der Waals surface area (Å²) < 4.78 is 0. The summed E-state index contributed by atoms with van der Waals surface area (Å²) in [7, 11) is 0. The van der Waals surface area contributed by atoms with Gasteiger partial charge in [0.15, 0.2) is 0 Å². The topological polar surface area (TPSA) is 12.4 Å². The van der Waals surface area contributed by atoms with Crippen LogP contribution in [0, 0.1) is 5.41 Å². The third kappa shape index (κ3) is 18.8. The van der Waals surface area contributed by atoms with Gasteiger partial charge in [-0.25, -0.2) is 0 Å². The highest BCUT2D eigenvalue weighted by Crippen LogP contribution is 2.14. The Balaban J connectivity index is -0.000000206. The lowest BCUT2D eigenvalue weighted by molar-refractivity contribution is 0.695. The van der Waals surface area contributed by atoms with Crippen LogP contribution in [0.4, 0.5) is 0 Å². The number of aliphatic imine (C=N–C) groups is 1. The van der Waals surface area contributed by atoms with Gasteiger partial charge in [-0.2, -0.15) is 0 Å². The largest absolute Gasteiger partial charge is 0.268 e. The average Bonchev–Trinajstić information content (AvgIpc) is 2.49. The number of hydrogen-bond donors (Lipinski definition) is 0. The molecule has 0 saturated carbocycles. The van der Waals surface area contributed by atoms with Gasteiger partial charge in [0, 0.05) is 17.8 Å². The maximum absolute atomic E-state index is 4.06. The zero-order chi connectivity index (χ0) is 13.4. The molecule has 0 atom stereocenters. The Bertz CT molecular complexity index is 168. The number of rotatable bonds is 0. The summed E-state index contributed by atoms with van der Waals surface area (Å²) in [6, 6.07) is 0. The van der Waals surface area contributed by atoms with E-state index in [0.717, 1.165) is 0 Å². The smallest absolute Gasteiger partial charge is 0.0264 e. The molecule has 0 bridgehead atoms. The second-order valence-electron chi connectivity index (χ2n) is 3.51. The third-order valence-corrected chi connectivity index (χ3v) is 1.22. The van der Waals surface area contributed by atoms with E-state index in [0.29, 0.717) is 0 Å². The lowest BCUT2D eigenvalue weighted by Crippen LogP contribution is -2.07. The molecule has 1 heteroatoms. The highest BCUT2D eigenvalue weighted by atomic mass is 14.7. The molecule has 1 aliphatic rings. The Hall–Kier alpha value is -0.850. The van der Waals surface area contributed by atoms with Crippen molar-refractivity contribution in [3.63, 3.8) is 0 Å². The van der Waals surface area contributed by atoms with E-state index in [1.54, 1.807) is 6.20 Å². The quantitative estimate of drug-likeness (QED) is 0.506. The van der Waals surface area contributed by atoms with Crippen LogP contribution < -0.4 is 0 Å². The lowest BCUT2D eigenvalue weighted by atomic mass is 9.95. The van der Waals surface area contributed by atoms with Crippen LogP contribution in [0.1, 0.15) is 61.8 Å². The van der Waals surface area contributed by atoms with Gasteiger partial charge in [0.25, 0.3) is 0 Å². The Morgan fingerprint density at radius 1 is 0.938 bits per heavy atom. The summed E-state index contributed by atoms with van der Waals surface area (Å²) in [6.45, 7) is 16.5. The van der Waals surface area contributed by atoms with Gasteiger partial charge >= 0.3 is 0 Å². The molecule has 96 valence electrons. The highest BCUT2D eigenvalue weighted by molar-refractivity contribution is 5.68. The van der Waals surface area contributed by atoms with Crippen molar-refractivity contribution in [1.29, 1.82) is 0 Å². The predicted octanol–water partition coefficient (Wildman–Crippen LogP) is 5.64. The minimum atomic E-state index is 0.128. The van der Waals surface area contributed by atoms with E-state index < -0.39 is 0 Å². The van der Waals surface area contributed by atoms with Crippen LogP contribution in [-0.4, -0.2) is 6.21 Å². The highest BCUT2D eigenvalue weighted by Gasteiger charge is 2.08. The summed E-state index contributed by atoms with van der Waals surface area (Å²) in [4.78, 5) is 4.06. The molecular weight excluding hydrogens is 194 g/mol. The van der Waals surface area contributed by atoms with Crippen molar-refractivity contribution < 1.29 is 0 Å². The molecule has 1 aliphatic heterocycles. The van der Waals surface area contributed by atoms with Crippen LogP contribution in [0.2, 0.25) is 0 Å². The van der Waals surface area contributed by atoms with Crippen LogP contribution >= 0.6 is 0 Å². The van der Waals surface area contributed by atoms with Crippen molar-refractivity contribution in [2.75, 3.05) is 0 Å². The maximum Gasteiger partial charge on any atom is 0.0264 e. The van der Waals surface area contributed by atoms with Crippen molar-refractivity contribution >= 4 is 6.21 Å². The molecule has 0 aromatic carbocycles. The first kappa shape index (κ1) is 20.5. The molecule has 0 fully saturated rings. The standard InChI is InChI=1S/C8H11N.C3H8.2C2H6/c1-8(2)5-3-4-6-9-7-8;1-3-2;2*1-2/h3-7H,1-2H3;3H2,1-2H3;2*1-2H3. The van der Waals surface area contributed by atoms with E-state index in [1.807, 2.05) is 46.1 Å².